The average molecular weight is 192 g/mol. The third-order valence-electron chi connectivity index (χ3n) is 1.93. The van der Waals surface area contributed by atoms with Crippen LogP contribution in [0.1, 0.15) is 10.4 Å². The van der Waals surface area contributed by atoms with Gasteiger partial charge in [-0.25, -0.2) is 4.98 Å². The summed E-state index contributed by atoms with van der Waals surface area (Å²) in [6.45, 7) is 0. The summed E-state index contributed by atoms with van der Waals surface area (Å²) in [5, 5.41) is 0. The molecule has 13 heavy (non-hydrogen) atoms. The van der Waals surface area contributed by atoms with Crippen LogP contribution >= 0.6 is 11.8 Å². The third-order valence-corrected chi connectivity index (χ3v) is 2.72. The number of fused-ring (bicyclic) bond motifs is 1. The van der Waals surface area contributed by atoms with E-state index in [-0.39, 0.29) is 0 Å². The SMILES string of the molecule is CSc1ccc2[nH]cnc2c1C=O. The maximum absolute atomic E-state index is 10.8. The number of thioether (sulfide) groups is 1. The molecule has 0 saturated heterocycles. The second-order valence-corrected chi connectivity index (χ2v) is 3.45. The predicted octanol–water partition coefficient (Wildman–Crippen LogP) is 2.10. The number of aldehydes is 1. The quantitative estimate of drug-likeness (QED) is 0.585. The van der Waals surface area contributed by atoms with Gasteiger partial charge in [0, 0.05) is 4.90 Å². The van der Waals surface area contributed by atoms with Crippen molar-refractivity contribution < 1.29 is 4.79 Å². The fourth-order valence-electron chi connectivity index (χ4n) is 1.30. The van der Waals surface area contributed by atoms with Gasteiger partial charge < -0.3 is 4.98 Å². The van der Waals surface area contributed by atoms with Gasteiger partial charge in [0.25, 0.3) is 0 Å². The van der Waals surface area contributed by atoms with Gasteiger partial charge in [0.1, 0.15) is 0 Å². The van der Waals surface area contributed by atoms with Crippen molar-refractivity contribution in [2.75, 3.05) is 6.26 Å². The van der Waals surface area contributed by atoms with Gasteiger partial charge in [0.2, 0.25) is 0 Å². The van der Waals surface area contributed by atoms with E-state index < -0.39 is 0 Å². The molecule has 0 aliphatic rings. The maximum Gasteiger partial charge on any atom is 0.153 e. The van der Waals surface area contributed by atoms with E-state index in [0.29, 0.717) is 5.56 Å². The van der Waals surface area contributed by atoms with Crippen molar-refractivity contribution in [3.63, 3.8) is 0 Å². The molecule has 4 heteroatoms. The minimum Gasteiger partial charge on any atom is -0.345 e. The van der Waals surface area contributed by atoms with E-state index in [4.69, 9.17) is 0 Å². The normalized spacial score (nSPS) is 10.5. The highest BCUT2D eigenvalue weighted by Crippen LogP contribution is 2.24. The van der Waals surface area contributed by atoms with E-state index in [1.807, 2.05) is 18.4 Å². The Labute approximate surface area is 79.6 Å². The summed E-state index contributed by atoms with van der Waals surface area (Å²) in [6, 6.07) is 3.86. The number of H-pyrrole nitrogens is 1. The van der Waals surface area contributed by atoms with E-state index in [1.165, 1.54) is 0 Å². The number of nitrogens with one attached hydrogen (secondary N) is 1. The summed E-state index contributed by atoms with van der Waals surface area (Å²) in [4.78, 5) is 18.9. The molecule has 0 bridgehead atoms. The topological polar surface area (TPSA) is 45.8 Å². The first kappa shape index (κ1) is 8.31. The Kier molecular flexibility index (Phi) is 2.06. The minimum absolute atomic E-state index is 0.672. The van der Waals surface area contributed by atoms with Crippen molar-refractivity contribution in [3.05, 3.63) is 24.0 Å². The molecule has 2 rings (SSSR count). The van der Waals surface area contributed by atoms with E-state index >= 15 is 0 Å². The van der Waals surface area contributed by atoms with E-state index in [9.17, 15) is 4.79 Å². The van der Waals surface area contributed by atoms with Gasteiger partial charge in [0.05, 0.1) is 22.9 Å². The molecule has 0 aliphatic carbocycles. The van der Waals surface area contributed by atoms with Crippen LogP contribution in [0, 0.1) is 0 Å². The zero-order valence-corrected chi connectivity index (χ0v) is 7.89. The number of carbonyl (C=O) groups excluding carboxylic acids is 1. The van der Waals surface area contributed by atoms with Crippen LogP contribution in [-0.4, -0.2) is 22.5 Å². The smallest absolute Gasteiger partial charge is 0.153 e. The molecule has 1 aromatic heterocycles. The monoisotopic (exact) mass is 192 g/mol. The molecule has 0 aliphatic heterocycles. The Morgan fingerprint density at radius 3 is 3.08 bits per heavy atom. The Morgan fingerprint density at radius 2 is 2.38 bits per heavy atom. The first-order chi connectivity index (χ1) is 6.36. The summed E-state index contributed by atoms with van der Waals surface area (Å²) >= 11 is 1.55. The number of rotatable bonds is 2. The first-order valence-electron chi connectivity index (χ1n) is 3.82. The summed E-state index contributed by atoms with van der Waals surface area (Å²) in [5.74, 6) is 0. The molecule has 2 aromatic rings. The van der Waals surface area contributed by atoms with Gasteiger partial charge >= 0.3 is 0 Å². The van der Waals surface area contributed by atoms with Crippen LogP contribution in [0.3, 0.4) is 0 Å². The van der Waals surface area contributed by atoms with Crippen LogP contribution in [0.2, 0.25) is 0 Å². The number of imidazole rings is 1. The van der Waals surface area contributed by atoms with Gasteiger partial charge in [-0.2, -0.15) is 0 Å². The summed E-state index contributed by atoms with van der Waals surface area (Å²) < 4.78 is 0. The van der Waals surface area contributed by atoms with Crippen LogP contribution < -0.4 is 0 Å². The van der Waals surface area contributed by atoms with Gasteiger partial charge in [-0.3, -0.25) is 4.79 Å². The fraction of sp³-hybridized carbons (Fsp3) is 0.111. The maximum atomic E-state index is 10.8. The Morgan fingerprint density at radius 1 is 1.54 bits per heavy atom. The number of carbonyl (C=O) groups is 1. The summed E-state index contributed by atoms with van der Waals surface area (Å²) in [5.41, 5.74) is 2.33. The lowest BCUT2D eigenvalue weighted by atomic mass is 10.2. The Hall–Kier alpha value is -1.29. The second kappa shape index (κ2) is 3.22. The van der Waals surface area contributed by atoms with Crippen molar-refractivity contribution in [3.8, 4) is 0 Å². The highest BCUT2D eigenvalue weighted by Gasteiger charge is 2.07. The number of hydrogen-bond donors (Lipinski definition) is 1. The number of aromatic amines is 1. The molecule has 1 N–H and O–H groups in total. The molecular formula is C9H8N2OS. The second-order valence-electron chi connectivity index (χ2n) is 2.60. The lowest BCUT2D eigenvalue weighted by molar-refractivity contribution is 0.112. The fourth-order valence-corrected chi connectivity index (χ4v) is 1.87. The molecule has 0 amide bonds. The zero-order valence-electron chi connectivity index (χ0n) is 7.07. The van der Waals surface area contributed by atoms with E-state index in [1.54, 1.807) is 18.1 Å². The molecule has 0 unspecified atom stereocenters. The molecule has 0 saturated carbocycles. The lowest BCUT2D eigenvalue weighted by Crippen LogP contribution is -1.86. The van der Waals surface area contributed by atoms with Crippen LogP contribution in [0.5, 0.6) is 0 Å². The molecule has 3 nitrogen and oxygen atoms in total. The predicted molar refractivity (Wildman–Crippen MR) is 53.3 cm³/mol. The number of nitrogens with zero attached hydrogens (tertiary/aromatic N) is 1. The molecule has 0 spiro atoms. The largest absolute Gasteiger partial charge is 0.345 e. The average Bonchev–Trinajstić information content (AvgIpc) is 2.63. The molecule has 1 heterocycles. The van der Waals surface area contributed by atoms with Crippen molar-refractivity contribution in [2.45, 2.75) is 4.90 Å². The molecule has 0 radical (unpaired) electrons. The molecule has 1 aromatic carbocycles. The number of aromatic nitrogens is 2. The van der Waals surface area contributed by atoms with Crippen LogP contribution in [0.25, 0.3) is 11.0 Å². The van der Waals surface area contributed by atoms with Crippen LogP contribution in [-0.2, 0) is 0 Å². The van der Waals surface area contributed by atoms with E-state index in [2.05, 4.69) is 9.97 Å². The zero-order chi connectivity index (χ0) is 9.26. The van der Waals surface area contributed by atoms with Crippen LogP contribution in [0.15, 0.2) is 23.4 Å². The minimum atomic E-state index is 0.672. The standard InChI is InChI=1S/C9H8N2OS/c1-13-8-3-2-7-9(6(8)4-12)11-5-10-7/h2-5H,1H3,(H,10,11). The van der Waals surface area contributed by atoms with E-state index in [0.717, 1.165) is 22.2 Å². The van der Waals surface area contributed by atoms with Gasteiger partial charge in [0.15, 0.2) is 6.29 Å². The van der Waals surface area contributed by atoms with Crippen molar-refractivity contribution in [1.29, 1.82) is 0 Å². The van der Waals surface area contributed by atoms with Gasteiger partial charge in [-0.05, 0) is 18.4 Å². The van der Waals surface area contributed by atoms with Crippen molar-refractivity contribution >= 4 is 29.1 Å². The molecular weight excluding hydrogens is 184 g/mol. The Bertz CT molecular complexity index is 450. The first-order valence-corrected chi connectivity index (χ1v) is 5.04. The highest BCUT2D eigenvalue weighted by molar-refractivity contribution is 7.98. The molecule has 0 atom stereocenters. The lowest BCUT2D eigenvalue weighted by Gasteiger charge is -2.00. The summed E-state index contributed by atoms with van der Waals surface area (Å²) in [7, 11) is 0. The van der Waals surface area contributed by atoms with Crippen LogP contribution in [0.4, 0.5) is 0 Å². The highest BCUT2D eigenvalue weighted by atomic mass is 32.2. The van der Waals surface area contributed by atoms with Crippen molar-refractivity contribution in [2.24, 2.45) is 0 Å². The van der Waals surface area contributed by atoms with Gasteiger partial charge in [-0.15, -0.1) is 11.8 Å². The molecule has 0 fully saturated rings. The van der Waals surface area contributed by atoms with Crippen molar-refractivity contribution in [1.82, 2.24) is 9.97 Å². The molecule has 66 valence electrons. The third kappa shape index (κ3) is 1.23. The Balaban J connectivity index is 2.81. The summed E-state index contributed by atoms with van der Waals surface area (Å²) in [6.07, 6.45) is 4.40. The number of hydrogen-bond acceptors (Lipinski definition) is 3. The van der Waals surface area contributed by atoms with Gasteiger partial charge in [-0.1, -0.05) is 0 Å². The number of benzene rings is 1.